The van der Waals surface area contributed by atoms with Crippen LogP contribution in [0.2, 0.25) is 0 Å². The van der Waals surface area contributed by atoms with Crippen LogP contribution in [0, 0.1) is 6.92 Å². The lowest BCUT2D eigenvalue weighted by Crippen LogP contribution is -2.41. The highest BCUT2D eigenvalue weighted by molar-refractivity contribution is 6.31. The standard InChI is InChI=1S/C26H23NO8/c1-11-21(30)19(13(3)28)23-20(22(11)31)26(4)17(35-23)9-16(29)18(24(26)32)12(2)27-10-14-6-5-7-15(8-14)25(33)34/h5-9,27,30-31H,10H2,1-4H3,(H,33,34)/b18-12+/t26-/m0/s1. The van der Waals surface area contributed by atoms with Gasteiger partial charge in [-0.25, -0.2) is 4.79 Å². The van der Waals surface area contributed by atoms with Crippen molar-refractivity contribution in [1.82, 2.24) is 5.32 Å². The number of phenolic OH excluding ortho intramolecular Hbond substituents is 2. The molecule has 1 heterocycles. The van der Waals surface area contributed by atoms with Crippen molar-refractivity contribution in [3.05, 3.63) is 75.2 Å². The van der Waals surface area contributed by atoms with Gasteiger partial charge in [-0.2, -0.15) is 0 Å². The van der Waals surface area contributed by atoms with Crippen LogP contribution in [0.25, 0.3) is 0 Å². The molecule has 1 aliphatic carbocycles. The summed E-state index contributed by atoms with van der Waals surface area (Å²) in [6, 6.07) is 6.24. The molecule has 0 amide bonds. The smallest absolute Gasteiger partial charge is 0.335 e. The number of rotatable bonds is 5. The molecule has 0 fully saturated rings. The zero-order chi connectivity index (χ0) is 25.8. The number of aromatic carboxylic acids is 1. The molecule has 1 atom stereocenters. The topological polar surface area (TPSA) is 150 Å². The Kier molecular flexibility index (Phi) is 5.51. The summed E-state index contributed by atoms with van der Waals surface area (Å²) >= 11 is 0. The Morgan fingerprint density at radius 1 is 1.11 bits per heavy atom. The zero-order valence-corrected chi connectivity index (χ0v) is 19.5. The van der Waals surface area contributed by atoms with Crippen molar-refractivity contribution in [2.45, 2.75) is 39.7 Å². The van der Waals surface area contributed by atoms with Crippen molar-refractivity contribution in [3.63, 3.8) is 0 Å². The number of ether oxygens (including phenoxy) is 1. The molecule has 2 aromatic rings. The molecular weight excluding hydrogens is 454 g/mol. The Labute approximate surface area is 200 Å². The third kappa shape index (κ3) is 3.47. The highest BCUT2D eigenvalue weighted by Crippen LogP contribution is 2.57. The van der Waals surface area contributed by atoms with Crippen LogP contribution in [0.4, 0.5) is 0 Å². The van der Waals surface area contributed by atoms with Crippen LogP contribution in [-0.4, -0.2) is 38.6 Å². The van der Waals surface area contributed by atoms with Gasteiger partial charge in [-0.15, -0.1) is 0 Å². The number of Topliss-reactive ketones (excluding diaryl/α,β-unsaturated/α-hetero) is 2. The first kappa shape index (κ1) is 23.7. The molecule has 4 rings (SSSR count). The van der Waals surface area contributed by atoms with E-state index in [1.165, 1.54) is 32.9 Å². The molecule has 0 saturated carbocycles. The summed E-state index contributed by atoms with van der Waals surface area (Å²) in [6.07, 6.45) is 1.14. The lowest BCUT2D eigenvalue weighted by Gasteiger charge is -2.29. The maximum absolute atomic E-state index is 13.8. The number of carbonyl (C=O) groups is 4. The number of carbonyl (C=O) groups excluding carboxylic acids is 3. The van der Waals surface area contributed by atoms with Gasteiger partial charge in [0, 0.05) is 23.9 Å². The molecule has 2 aliphatic rings. The van der Waals surface area contributed by atoms with Gasteiger partial charge in [0.15, 0.2) is 17.3 Å². The monoisotopic (exact) mass is 477 g/mol. The summed E-state index contributed by atoms with van der Waals surface area (Å²) in [5.74, 6) is -3.90. The first-order chi connectivity index (χ1) is 16.4. The number of aromatic hydroxyl groups is 2. The number of nitrogens with one attached hydrogen (secondary N) is 1. The number of fused-ring (bicyclic) bond motifs is 3. The lowest BCUT2D eigenvalue weighted by molar-refractivity contribution is -0.123. The van der Waals surface area contributed by atoms with Crippen LogP contribution < -0.4 is 10.1 Å². The van der Waals surface area contributed by atoms with Gasteiger partial charge in [-0.3, -0.25) is 14.4 Å². The number of carboxylic acids is 1. The van der Waals surface area contributed by atoms with Crippen LogP contribution >= 0.6 is 0 Å². The number of carboxylic acid groups (broad SMARTS) is 1. The third-order valence-electron chi connectivity index (χ3n) is 6.49. The molecular formula is C26H23NO8. The molecule has 1 aliphatic heterocycles. The van der Waals surface area contributed by atoms with Gasteiger partial charge in [0.05, 0.1) is 16.7 Å². The molecule has 35 heavy (non-hydrogen) atoms. The predicted molar refractivity (Wildman–Crippen MR) is 124 cm³/mol. The highest BCUT2D eigenvalue weighted by Gasteiger charge is 2.56. The summed E-state index contributed by atoms with van der Waals surface area (Å²) in [4.78, 5) is 50.2. The minimum absolute atomic E-state index is 0.0150. The predicted octanol–water partition coefficient (Wildman–Crippen LogP) is 3.06. The SMILES string of the molecule is CC(=O)c1c(O)c(C)c(O)c2c1OC1=CC(=O)/C(=C(/C)NCc3cccc(C(=O)O)c3)C(=O)[C@@]12C. The van der Waals surface area contributed by atoms with Gasteiger partial charge in [0.2, 0.25) is 0 Å². The summed E-state index contributed by atoms with van der Waals surface area (Å²) in [5.41, 5.74) is -0.904. The highest BCUT2D eigenvalue weighted by atomic mass is 16.5. The largest absolute Gasteiger partial charge is 0.507 e. The first-order valence-corrected chi connectivity index (χ1v) is 10.8. The van der Waals surface area contributed by atoms with Crippen LogP contribution in [0.3, 0.4) is 0 Å². The second kappa shape index (κ2) is 8.12. The van der Waals surface area contributed by atoms with Gasteiger partial charge in [0.25, 0.3) is 0 Å². The van der Waals surface area contributed by atoms with Crippen molar-refractivity contribution < 1.29 is 39.2 Å². The van der Waals surface area contributed by atoms with Crippen molar-refractivity contribution in [3.8, 4) is 17.2 Å². The fourth-order valence-electron chi connectivity index (χ4n) is 4.50. The maximum Gasteiger partial charge on any atom is 0.335 e. The van der Waals surface area contributed by atoms with Crippen molar-refractivity contribution in [2.75, 3.05) is 0 Å². The lowest BCUT2D eigenvalue weighted by atomic mass is 9.70. The summed E-state index contributed by atoms with van der Waals surface area (Å²) in [7, 11) is 0. The Balaban J connectivity index is 1.79. The average molecular weight is 477 g/mol. The second-order valence-corrected chi connectivity index (χ2v) is 8.75. The van der Waals surface area contributed by atoms with Crippen LogP contribution in [0.5, 0.6) is 17.2 Å². The van der Waals surface area contributed by atoms with E-state index in [1.807, 2.05) is 0 Å². The van der Waals surface area contributed by atoms with E-state index in [0.29, 0.717) is 5.56 Å². The van der Waals surface area contributed by atoms with Gasteiger partial charge in [-0.05, 0) is 45.4 Å². The number of phenols is 2. The molecule has 180 valence electrons. The van der Waals surface area contributed by atoms with E-state index in [2.05, 4.69) is 5.32 Å². The molecule has 9 nitrogen and oxygen atoms in total. The van der Waals surface area contributed by atoms with E-state index in [4.69, 9.17) is 4.74 Å². The molecule has 9 heteroatoms. The number of allylic oxidation sites excluding steroid dienone is 4. The minimum atomic E-state index is -1.60. The zero-order valence-electron chi connectivity index (χ0n) is 19.5. The van der Waals surface area contributed by atoms with E-state index in [9.17, 15) is 34.5 Å². The number of hydrogen-bond donors (Lipinski definition) is 4. The number of hydrogen-bond acceptors (Lipinski definition) is 8. The maximum atomic E-state index is 13.8. The van der Waals surface area contributed by atoms with E-state index in [-0.39, 0.29) is 51.6 Å². The van der Waals surface area contributed by atoms with E-state index < -0.39 is 40.2 Å². The fraction of sp³-hybridized carbons (Fsp3) is 0.231. The molecule has 0 bridgehead atoms. The Hall–Kier alpha value is -4.40. The summed E-state index contributed by atoms with van der Waals surface area (Å²) in [5, 5.41) is 33.5. The van der Waals surface area contributed by atoms with Gasteiger partial charge < -0.3 is 25.4 Å². The van der Waals surface area contributed by atoms with Crippen molar-refractivity contribution in [1.29, 1.82) is 0 Å². The first-order valence-electron chi connectivity index (χ1n) is 10.8. The van der Waals surface area contributed by atoms with E-state index in [1.54, 1.807) is 19.1 Å². The van der Waals surface area contributed by atoms with Crippen LogP contribution in [0.15, 0.2) is 47.4 Å². The number of benzene rings is 2. The molecule has 0 unspecified atom stereocenters. The molecule has 0 saturated heterocycles. The van der Waals surface area contributed by atoms with Crippen LogP contribution in [-0.2, 0) is 21.5 Å². The van der Waals surface area contributed by atoms with Crippen molar-refractivity contribution >= 4 is 23.3 Å². The van der Waals surface area contributed by atoms with E-state index in [0.717, 1.165) is 6.08 Å². The molecule has 0 spiro atoms. The summed E-state index contributed by atoms with van der Waals surface area (Å²) < 4.78 is 5.74. The van der Waals surface area contributed by atoms with Crippen molar-refractivity contribution in [2.24, 2.45) is 0 Å². The van der Waals surface area contributed by atoms with Crippen LogP contribution in [0.1, 0.15) is 58.2 Å². The Morgan fingerprint density at radius 3 is 2.43 bits per heavy atom. The van der Waals surface area contributed by atoms with Gasteiger partial charge in [-0.1, -0.05) is 12.1 Å². The molecule has 0 radical (unpaired) electrons. The van der Waals surface area contributed by atoms with Gasteiger partial charge in [0.1, 0.15) is 34.0 Å². The second-order valence-electron chi connectivity index (χ2n) is 8.75. The fourth-order valence-corrected chi connectivity index (χ4v) is 4.50. The molecule has 4 N–H and O–H groups in total. The quantitative estimate of drug-likeness (QED) is 0.289. The molecule has 2 aromatic carbocycles. The Bertz CT molecular complexity index is 1410. The summed E-state index contributed by atoms with van der Waals surface area (Å²) in [6.45, 7) is 5.83. The number of ketones is 3. The average Bonchev–Trinajstić information content (AvgIpc) is 3.09. The normalized spacial score (nSPS) is 19.9. The minimum Gasteiger partial charge on any atom is -0.507 e. The third-order valence-corrected chi connectivity index (χ3v) is 6.49. The van der Waals surface area contributed by atoms with E-state index >= 15 is 0 Å². The molecule has 0 aromatic heterocycles. The van der Waals surface area contributed by atoms with Gasteiger partial charge >= 0.3 is 5.97 Å². The Morgan fingerprint density at radius 2 is 1.80 bits per heavy atom.